The van der Waals surface area contributed by atoms with Crippen molar-refractivity contribution in [1.82, 2.24) is 0 Å². The number of halogens is 2. The summed E-state index contributed by atoms with van der Waals surface area (Å²) in [6.45, 7) is 2.63. The van der Waals surface area contributed by atoms with Crippen LogP contribution >= 0.6 is 0 Å². The zero-order valence-electron chi connectivity index (χ0n) is 13.6. The van der Waals surface area contributed by atoms with Crippen LogP contribution in [0.2, 0.25) is 0 Å². The van der Waals surface area contributed by atoms with E-state index in [0.717, 1.165) is 25.7 Å². The van der Waals surface area contributed by atoms with Gasteiger partial charge in [-0.05, 0) is 25.7 Å². The van der Waals surface area contributed by atoms with Gasteiger partial charge in [0.05, 0.1) is 0 Å². The van der Waals surface area contributed by atoms with E-state index in [1.165, 1.54) is 35.4 Å². The normalized spacial score (nSPS) is 8.39. The molecule has 0 amide bonds. The van der Waals surface area contributed by atoms with E-state index in [0.29, 0.717) is 13.2 Å². The average Bonchev–Trinajstić information content (AvgIpc) is 3.18. The van der Waals surface area contributed by atoms with E-state index in [9.17, 15) is 0 Å². The Kier molecular flexibility index (Phi) is 26.5. The third kappa shape index (κ3) is 18.1. The second-order valence-corrected chi connectivity index (χ2v) is 5.95. The molecule has 0 atom stereocenters. The van der Waals surface area contributed by atoms with Crippen LogP contribution in [0.5, 0.6) is 0 Å². The van der Waals surface area contributed by atoms with Crippen LogP contribution in [-0.4, -0.2) is 27.1 Å². The van der Waals surface area contributed by atoms with Gasteiger partial charge in [0.2, 0.25) is 0 Å². The van der Waals surface area contributed by atoms with Gasteiger partial charge < -0.3 is 35.0 Å². The third-order valence-corrected chi connectivity index (χ3v) is 2.71. The fraction of sp³-hybridized carbons (Fsp3) is 0.389. The van der Waals surface area contributed by atoms with Gasteiger partial charge >= 0.3 is 34.9 Å². The zero-order chi connectivity index (χ0) is 15.8. The molecule has 0 aliphatic heterocycles. The molecule has 2 N–H and O–H groups in total. The van der Waals surface area contributed by atoms with Crippen LogP contribution in [0.3, 0.4) is 0 Å². The molecular formula is C18H26Cl2O2Zr-2. The van der Waals surface area contributed by atoms with Gasteiger partial charge in [-0.1, -0.05) is 0 Å². The van der Waals surface area contributed by atoms with Crippen LogP contribution < -0.4 is 24.8 Å². The molecule has 0 heterocycles. The summed E-state index contributed by atoms with van der Waals surface area (Å²) in [7, 11) is 0. The van der Waals surface area contributed by atoms with Gasteiger partial charge in [-0.15, -0.1) is 0 Å². The monoisotopic (exact) mass is 434 g/mol. The van der Waals surface area contributed by atoms with E-state index in [2.05, 4.69) is 28.0 Å². The first-order valence-electron chi connectivity index (χ1n) is 7.36. The van der Waals surface area contributed by atoms with Crippen molar-refractivity contribution < 1.29 is 59.3 Å². The summed E-state index contributed by atoms with van der Waals surface area (Å²) < 4.78 is 2.09. The van der Waals surface area contributed by atoms with E-state index in [4.69, 9.17) is 10.2 Å². The number of aryl methyl sites for hydroxylation is 2. The molecule has 0 spiro atoms. The number of rotatable bonds is 6. The van der Waals surface area contributed by atoms with Gasteiger partial charge in [-0.2, -0.15) is 35.4 Å². The molecule has 5 heteroatoms. The van der Waals surface area contributed by atoms with Crippen LogP contribution in [0.25, 0.3) is 0 Å². The van der Waals surface area contributed by atoms with E-state index < -0.39 is 0 Å². The molecule has 2 rings (SSSR count). The molecule has 23 heavy (non-hydrogen) atoms. The summed E-state index contributed by atoms with van der Waals surface area (Å²) in [5, 5.41) is 16.9. The molecule has 2 aromatic rings. The Morgan fingerprint density at radius 1 is 0.913 bits per heavy atom. The Morgan fingerprint density at radius 3 is 1.48 bits per heavy atom. The Morgan fingerprint density at radius 2 is 1.26 bits per heavy atom. The van der Waals surface area contributed by atoms with Gasteiger partial charge in [0.25, 0.3) is 0 Å². The topological polar surface area (TPSA) is 40.5 Å². The number of aliphatic hydroxyl groups excluding tert-OH is 2. The second-order valence-electron chi connectivity index (χ2n) is 4.53. The number of aliphatic hydroxyl groups is 2. The van der Waals surface area contributed by atoms with Crippen LogP contribution in [-0.2, 0) is 37.1 Å². The van der Waals surface area contributed by atoms with Crippen LogP contribution in [0.15, 0.2) is 48.5 Å². The molecule has 0 aliphatic carbocycles. The summed E-state index contributed by atoms with van der Waals surface area (Å²) in [6.07, 6.45) is 3.76. The van der Waals surface area contributed by atoms with Crippen molar-refractivity contribution in [1.29, 1.82) is 0 Å². The molecule has 0 unspecified atom stereocenters. The van der Waals surface area contributed by atoms with Crippen molar-refractivity contribution in [2.75, 3.05) is 13.2 Å². The van der Waals surface area contributed by atoms with Gasteiger partial charge in [-0.25, -0.2) is 24.3 Å². The largest absolute Gasteiger partial charge is 1.00 e. The van der Waals surface area contributed by atoms with E-state index in [1.54, 1.807) is 0 Å². The first-order valence-corrected chi connectivity index (χ1v) is 8.78. The number of hydrogen-bond acceptors (Lipinski definition) is 2. The Labute approximate surface area is 167 Å². The van der Waals surface area contributed by atoms with Crippen molar-refractivity contribution in [3.63, 3.8) is 0 Å². The summed E-state index contributed by atoms with van der Waals surface area (Å²) in [4.78, 5) is 0. The van der Waals surface area contributed by atoms with E-state index in [1.807, 2.05) is 31.2 Å². The molecule has 2 aromatic carbocycles. The Balaban J connectivity index is -0.000000277. The second kappa shape index (κ2) is 22.0. The molecule has 0 aliphatic rings. The van der Waals surface area contributed by atoms with E-state index >= 15 is 0 Å². The van der Waals surface area contributed by atoms with Crippen LogP contribution in [0.4, 0.5) is 0 Å². The molecule has 130 valence electrons. The molecule has 0 aromatic heterocycles. The van der Waals surface area contributed by atoms with Gasteiger partial charge in [-0.3, -0.25) is 0 Å². The third-order valence-electron chi connectivity index (χ3n) is 2.71. The quantitative estimate of drug-likeness (QED) is 0.475. The molecule has 0 bridgehead atoms. The summed E-state index contributed by atoms with van der Waals surface area (Å²) >= 11 is 1.51. The summed E-state index contributed by atoms with van der Waals surface area (Å²) in [5.74, 6) is 0. The number of hydrogen-bond donors (Lipinski definition) is 2. The van der Waals surface area contributed by atoms with Gasteiger partial charge in [0.15, 0.2) is 0 Å². The fourth-order valence-corrected chi connectivity index (χ4v) is 1.73. The Hall–Kier alpha value is -0.0469. The smallest absolute Gasteiger partial charge is 0.0433 e. The van der Waals surface area contributed by atoms with Crippen molar-refractivity contribution in [2.45, 2.75) is 32.6 Å². The fourth-order valence-electron chi connectivity index (χ4n) is 1.73. The standard InChI is InChI=1S/2C8H11O.C2H4.2ClH.Zr/c2*9-7-3-6-8-4-1-2-5-8;1-2;;;/h2*1-2,4-5,9H,3,6-7H2;1H,2H3;2*1H;/q2*-1;;;;+2/p-2. The maximum atomic E-state index is 8.47. The van der Waals surface area contributed by atoms with Crippen molar-refractivity contribution in [3.8, 4) is 0 Å². The molecule has 0 saturated carbocycles. The summed E-state index contributed by atoms with van der Waals surface area (Å²) in [5.41, 5.74) is 2.65. The maximum absolute atomic E-state index is 8.47. The first-order chi connectivity index (χ1) is 10.3. The summed E-state index contributed by atoms with van der Waals surface area (Å²) in [6, 6.07) is 16.4. The van der Waals surface area contributed by atoms with Gasteiger partial charge in [0.1, 0.15) is 0 Å². The minimum absolute atomic E-state index is 0. The van der Waals surface area contributed by atoms with E-state index in [-0.39, 0.29) is 24.8 Å². The molecular weight excluding hydrogens is 410 g/mol. The molecule has 0 radical (unpaired) electrons. The SMILES string of the molecule is C[CH]=[Zr+2].OCCCc1ccc[cH-]1.OCCCc1ccc[cH-]1.[Cl-].[Cl-]. The molecule has 0 saturated heterocycles. The van der Waals surface area contributed by atoms with Crippen molar-refractivity contribution in [3.05, 3.63) is 59.7 Å². The predicted molar refractivity (Wildman–Crippen MR) is 86.6 cm³/mol. The molecule has 0 fully saturated rings. The van der Waals surface area contributed by atoms with Crippen LogP contribution in [0, 0.1) is 0 Å². The maximum Gasteiger partial charge on any atom is 0.0433 e. The minimum Gasteiger partial charge on any atom is -1.00 e. The average molecular weight is 437 g/mol. The van der Waals surface area contributed by atoms with Gasteiger partial charge in [0, 0.05) is 13.2 Å². The molecule has 2 nitrogen and oxygen atoms in total. The minimum atomic E-state index is 0. The first kappa shape index (κ1) is 27.8. The Bertz CT molecular complexity index is 376. The predicted octanol–water partition coefficient (Wildman–Crippen LogP) is -2.98. The van der Waals surface area contributed by atoms with Crippen molar-refractivity contribution in [2.24, 2.45) is 0 Å². The van der Waals surface area contributed by atoms with Crippen LogP contribution in [0.1, 0.15) is 30.9 Å². The van der Waals surface area contributed by atoms with Crippen molar-refractivity contribution >= 4 is 3.71 Å². The zero-order valence-corrected chi connectivity index (χ0v) is 17.6.